The zero-order valence-electron chi connectivity index (χ0n) is 22.6. The van der Waals surface area contributed by atoms with E-state index in [0.717, 1.165) is 11.3 Å². The van der Waals surface area contributed by atoms with Crippen molar-refractivity contribution in [1.29, 1.82) is 0 Å². The molecule has 1 amide bonds. The Morgan fingerprint density at radius 2 is 1.68 bits per heavy atom. The lowest BCUT2D eigenvalue weighted by Gasteiger charge is -2.36. The number of aromatic nitrogens is 3. The molecule has 0 saturated carbocycles. The molecule has 2 aromatic heterocycles. The Labute approximate surface area is 225 Å². The molecule has 1 fully saturated rings. The van der Waals surface area contributed by atoms with Crippen LogP contribution in [0.15, 0.2) is 35.1 Å². The molecule has 0 unspecified atom stereocenters. The SMILES string of the molecule is CC(C)(C)OC(=O)CNc1cccc(-c2nn3c(=O)cc(N4CCN(C(=O)OC(C)(C)C)CC4)nc3s2)c1. The molecule has 4 rings (SSSR count). The van der Waals surface area contributed by atoms with Crippen LogP contribution in [0.5, 0.6) is 0 Å². The third-order valence-electron chi connectivity index (χ3n) is 5.45. The molecule has 0 spiro atoms. The number of benzene rings is 1. The van der Waals surface area contributed by atoms with E-state index in [1.807, 2.05) is 70.7 Å². The minimum absolute atomic E-state index is 0.0339. The van der Waals surface area contributed by atoms with Gasteiger partial charge in [0.1, 0.15) is 28.6 Å². The maximum atomic E-state index is 12.9. The average molecular weight is 543 g/mol. The van der Waals surface area contributed by atoms with Crippen molar-refractivity contribution in [2.45, 2.75) is 52.7 Å². The van der Waals surface area contributed by atoms with Gasteiger partial charge in [-0.1, -0.05) is 23.5 Å². The Bertz CT molecular complexity index is 1380. The summed E-state index contributed by atoms with van der Waals surface area (Å²) in [5.74, 6) is 0.208. The van der Waals surface area contributed by atoms with Crippen LogP contribution >= 0.6 is 11.3 Å². The first kappa shape index (κ1) is 27.4. The number of fused-ring (bicyclic) bond motifs is 1. The molecule has 38 heavy (non-hydrogen) atoms. The van der Waals surface area contributed by atoms with E-state index in [1.165, 1.54) is 21.9 Å². The quantitative estimate of drug-likeness (QED) is 0.482. The number of nitrogens with one attached hydrogen (secondary N) is 1. The van der Waals surface area contributed by atoms with Crippen molar-refractivity contribution in [2.75, 3.05) is 42.9 Å². The molecular formula is C26H34N6O5S. The fourth-order valence-corrected chi connectivity index (χ4v) is 4.73. The predicted octanol–water partition coefficient (Wildman–Crippen LogP) is 3.63. The largest absolute Gasteiger partial charge is 0.459 e. The third kappa shape index (κ3) is 7.00. The van der Waals surface area contributed by atoms with Crippen LogP contribution in [0.4, 0.5) is 16.3 Å². The normalized spacial score (nSPS) is 14.5. The van der Waals surface area contributed by atoms with E-state index in [1.54, 1.807) is 4.90 Å². The molecular weight excluding hydrogens is 508 g/mol. The van der Waals surface area contributed by atoms with Gasteiger partial charge in [0.25, 0.3) is 5.56 Å². The van der Waals surface area contributed by atoms with Crippen molar-refractivity contribution in [2.24, 2.45) is 0 Å². The lowest BCUT2D eigenvalue weighted by molar-refractivity contribution is -0.152. The first-order valence-electron chi connectivity index (χ1n) is 12.5. The second-order valence-corrected chi connectivity index (χ2v) is 12.0. The fourth-order valence-electron chi connectivity index (χ4n) is 3.84. The van der Waals surface area contributed by atoms with Crippen molar-refractivity contribution in [3.63, 3.8) is 0 Å². The Morgan fingerprint density at radius 1 is 1.00 bits per heavy atom. The molecule has 3 aromatic rings. The maximum Gasteiger partial charge on any atom is 0.410 e. The lowest BCUT2D eigenvalue weighted by Crippen LogP contribution is -2.50. The third-order valence-corrected chi connectivity index (χ3v) is 6.41. The van der Waals surface area contributed by atoms with E-state index in [2.05, 4.69) is 15.4 Å². The standard InChI is InChI=1S/C26H34N6O5S/c1-25(2,3)36-21(34)16-27-18-9-7-8-17(14-18)22-29-32-20(33)15-19(28-23(32)38-22)30-10-12-31(13-11-30)24(35)37-26(4,5)6/h7-9,14-15,27H,10-13,16H2,1-6H3. The van der Waals surface area contributed by atoms with Gasteiger partial charge in [-0.3, -0.25) is 9.59 Å². The van der Waals surface area contributed by atoms with Crippen LogP contribution in [0.2, 0.25) is 0 Å². The number of hydrogen-bond acceptors (Lipinski definition) is 10. The van der Waals surface area contributed by atoms with Crippen LogP contribution in [0.1, 0.15) is 41.5 Å². The summed E-state index contributed by atoms with van der Waals surface area (Å²) in [6, 6.07) is 8.92. The van der Waals surface area contributed by atoms with Crippen molar-refractivity contribution in [3.8, 4) is 10.6 Å². The second kappa shape index (κ2) is 10.6. The van der Waals surface area contributed by atoms with Crippen molar-refractivity contribution >= 4 is 39.9 Å². The van der Waals surface area contributed by atoms with Gasteiger partial charge >= 0.3 is 12.1 Å². The van der Waals surface area contributed by atoms with Crippen molar-refractivity contribution in [3.05, 3.63) is 40.7 Å². The van der Waals surface area contributed by atoms with Gasteiger partial charge in [0, 0.05) is 43.5 Å². The summed E-state index contributed by atoms with van der Waals surface area (Å²) in [5, 5.41) is 8.18. The number of piperazine rings is 1. The molecule has 204 valence electrons. The van der Waals surface area contributed by atoms with E-state index in [4.69, 9.17) is 9.47 Å². The summed E-state index contributed by atoms with van der Waals surface area (Å²) in [6.07, 6.45) is -0.337. The van der Waals surface area contributed by atoms with Gasteiger partial charge in [-0.2, -0.15) is 9.61 Å². The highest BCUT2D eigenvalue weighted by molar-refractivity contribution is 7.19. The highest BCUT2D eigenvalue weighted by Gasteiger charge is 2.27. The Balaban J connectivity index is 1.46. The fraction of sp³-hybridized carbons (Fsp3) is 0.500. The predicted molar refractivity (Wildman–Crippen MR) is 147 cm³/mol. The summed E-state index contributed by atoms with van der Waals surface area (Å²) < 4.78 is 12.1. The monoisotopic (exact) mass is 542 g/mol. The van der Waals surface area contributed by atoms with Crippen molar-refractivity contribution < 1.29 is 19.1 Å². The number of esters is 1. The van der Waals surface area contributed by atoms with E-state index in [-0.39, 0.29) is 24.2 Å². The van der Waals surface area contributed by atoms with Gasteiger partial charge in [-0.15, -0.1) is 0 Å². The molecule has 1 aliphatic rings. The van der Waals surface area contributed by atoms with Crippen LogP contribution in [0.25, 0.3) is 15.5 Å². The number of carbonyl (C=O) groups excluding carboxylic acids is 2. The molecule has 0 aliphatic carbocycles. The Morgan fingerprint density at radius 3 is 2.34 bits per heavy atom. The van der Waals surface area contributed by atoms with Gasteiger partial charge in [0.15, 0.2) is 0 Å². The molecule has 1 N–H and O–H groups in total. The first-order chi connectivity index (χ1) is 17.8. The summed E-state index contributed by atoms with van der Waals surface area (Å²) >= 11 is 1.31. The zero-order chi connectivity index (χ0) is 27.7. The number of anilines is 2. The van der Waals surface area contributed by atoms with Gasteiger partial charge < -0.3 is 24.6 Å². The average Bonchev–Trinajstić information content (AvgIpc) is 3.26. The molecule has 11 nitrogen and oxygen atoms in total. The highest BCUT2D eigenvalue weighted by atomic mass is 32.1. The van der Waals surface area contributed by atoms with Crippen LogP contribution < -0.4 is 15.8 Å². The molecule has 1 aliphatic heterocycles. The summed E-state index contributed by atoms with van der Waals surface area (Å²) in [7, 11) is 0. The van der Waals surface area contributed by atoms with E-state index in [0.29, 0.717) is 42.0 Å². The minimum atomic E-state index is -0.549. The smallest absolute Gasteiger partial charge is 0.410 e. The van der Waals surface area contributed by atoms with Gasteiger partial charge in [-0.05, 0) is 53.7 Å². The van der Waals surface area contributed by atoms with Crippen LogP contribution in [-0.2, 0) is 14.3 Å². The van der Waals surface area contributed by atoms with Crippen molar-refractivity contribution in [1.82, 2.24) is 19.5 Å². The zero-order valence-corrected chi connectivity index (χ0v) is 23.4. The number of nitrogens with zero attached hydrogens (tertiary/aromatic N) is 5. The van der Waals surface area contributed by atoms with E-state index < -0.39 is 11.2 Å². The molecule has 0 bridgehead atoms. The Kier molecular flexibility index (Phi) is 7.63. The molecule has 12 heteroatoms. The molecule has 1 aromatic carbocycles. The highest BCUT2D eigenvalue weighted by Crippen LogP contribution is 2.27. The molecule has 0 radical (unpaired) electrons. The number of rotatable bonds is 5. The van der Waals surface area contributed by atoms with E-state index >= 15 is 0 Å². The van der Waals surface area contributed by atoms with Crippen LogP contribution in [-0.4, -0.2) is 75.5 Å². The summed E-state index contributed by atoms with van der Waals surface area (Å²) in [4.78, 5) is 46.1. The van der Waals surface area contributed by atoms with Crippen LogP contribution in [0.3, 0.4) is 0 Å². The number of carbonyl (C=O) groups is 2. The van der Waals surface area contributed by atoms with Gasteiger partial charge in [0.2, 0.25) is 4.96 Å². The topological polar surface area (TPSA) is 118 Å². The van der Waals surface area contributed by atoms with Crippen LogP contribution in [0, 0.1) is 0 Å². The lowest BCUT2D eigenvalue weighted by atomic mass is 10.2. The number of hydrogen-bond donors (Lipinski definition) is 1. The molecule has 3 heterocycles. The summed E-state index contributed by atoms with van der Waals surface area (Å²) in [5.41, 5.74) is 0.152. The summed E-state index contributed by atoms with van der Waals surface area (Å²) in [6.45, 7) is 13.1. The van der Waals surface area contributed by atoms with E-state index in [9.17, 15) is 14.4 Å². The number of amides is 1. The molecule has 1 saturated heterocycles. The maximum absolute atomic E-state index is 12.9. The second-order valence-electron chi connectivity index (χ2n) is 11.0. The Hall–Kier alpha value is -3.67. The number of ether oxygens (including phenoxy) is 2. The minimum Gasteiger partial charge on any atom is -0.459 e. The molecule has 0 atom stereocenters. The van der Waals surface area contributed by atoms with Gasteiger partial charge in [0.05, 0.1) is 0 Å². The van der Waals surface area contributed by atoms with Gasteiger partial charge in [-0.25, -0.2) is 9.78 Å². The first-order valence-corrected chi connectivity index (χ1v) is 13.3.